The Kier molecular flexibility index (Phi) is 6.81. The van der Waals surface area contributed by atoms with Crippen LogP contribution in [0.3, 0.4) is 0 Å². The molecule has 0 fully saturated rings. The molecule has 0 aliphatic heterocycles. The highest BCUT2D eigenvalue weighted by Crippen LogP contribution is 2.14. The van der Waals surface area contributed by atoms with E-state index < -0.39 is 0 Å². The Morgan fingerprint density at radius 2 is 2.11 bits per heavy atom. The van der Waals surface area contributed by atoms with Gasteiger partial charge in [-0.05, 0) is 25.5 Å². The third-order valence-electron chi connectivity index (χ3n) is 2.56. The highest BCUT2D eigenvalue weighted by molar-refractivity contribution is 5.93. The molecule has 98 valence electrons. The van der Waals surface area contributed by atoms with E-state index in [0.717, 1.165) is 12.1 Å². The molecule has 3 heteroatoms. The van der Waals surface area contributed by atoms with Crippen molar-refractivity contribution < 1.29 is 9.53 Å². The van der Waals surface area contributed by atoms with Gasteiger partial charge in [0, 0.05) is 31.9 Å². The molecule has 0 aliphatic rings. The lowest BCUT2D eigenvalue weighted by Gasteiger charge is -2.21. The van der Waals surface area contributed by atoms with Crippen molar-refractivity contribution in [3.05, 3.63) is 43.0 Å². The standard InChI is InChI=1S/C15H21NO2/c1-3-12-16(14-9-6-5-7-10-14)15(17)11-8-13-18-4-2/h3,5-7,9-10H,1,4,8,11-13H2,2H3. The molecule has 18 heavy (non-hydrogen) atoms. The van der Waals surface area contributed by atoms with E-state index in [-0.39, 0.29) is 5.91 Å². The Labute approximate surface area is 109 Å². The Morgan fingerprint density at radius 3 is 2.72 bits per heavy atom. The molecule has 0 aliphatic carbocycles. The molecule has 0 spiro atoms. The largest absolute Gasteiger partial charge is 0.382 e. The van der Waals surface area contributed by atoms with Crippen LogP contribution in [0.15, 0.2) is 43.0 Å². The fourth-order valence-electron chi connectivity index (χ4n) is 1.69. The van der Waals surface area contributed by atoms with Gasteiger partial charge in [-0.1, -0.05) is 24.3 Å². The molecule has 0 radical (unpaired) electrons. The summed E-state index contributed by atoms with van der Waals surface area (Å²) in [5.41, 5.74) is 0.916. The minimum atomic E-state index is 0.112. The van der Waals surface area contributed by atoms with Crippen LogP contribution in [0, 0.1) is 0 Å². The minimum absolute atomic E-state index is 0.112. The summed E-state index contributed by atoms with van der Waals surface area (Å²) < 4.78 is 5.24. The monoisotopic (exact) mass is 247 g/mol. The normalized spacial score (nSPS) is 10.1. The van der Waals surface area contributed by atoms with Gasteiger partial charge >= 0.3 is 0 Å². The number of hydrogen-bond donors (Lipinski definition) is 0. The molecule has 0 saturated heterocycles. The molecule has 1 amide bonds. The van der Waals surface area contributed by atoms with Crippen LogP contribution >= 0.6 is 0 Å². The van der Waals surface area contributed by atoms with Crippen molar-refractivity contribution in [2.24, 2.45) is 0 Å². The van der Waals surface area contributed by atoms with Crippen LogP contribution in [0.2, 0.25) is 0 Å². The summed E-state index contributed by atoms with van der Waals surface area (Å²) in [6.45, 7) is 7.53. The van der Waals surface area contributed by atoms with E-state index in [0.29, 0.717) is 26.2 Å². The Balaban J connectivity index is 2.56. The summed E-state index contributed by atoms with van der Waals surface area (Å²) >= 11 is 0. The summed E-state index contributed by atoms with van der Waals surface area (Å²) in [6, 6.07) is 9.67. The van der Waals surface area contributed by atoms with Crippen molar-refractivity contribution in [1.29, 1.82) is 0 Å². The third-order valence-corrected chi connectivity index (χ3v) is 2.56. The van der Waals surface area contributed by atoms with Crippen molar-refractivity contribution >= 4 is 11.6 Å². The number of nitrogens with zero attached hydrogens (tertiary/aromatic N) is 1. The molecule has 0 N–H and O–H groups in total. The fourth-order valence-corrected chi connectivity index (χ4v) is 1.69. The van der Waals surface area contributed by atoms with Crippen molar-refractivity contribution in [2.75, 3.05) is 24.7 Å². The number of amides is 1. The van der Waals surface area contributed by atoms with Gasteiger partial charge in [-0.25, -0.2) is 0 Å². The number of anilines is 1. The first-order chi connectivity index (χ1) is 8.79. The molecular formula is C15H21NO2. The van der Waals surface area contributed by atoms with Crippen LogP contribution in [0.25, 0.3) is 0 Å². The lowest BCUT2D eigenvalue weighted by Crippen LogP contribution is -2.30. The van der Waals surface area contributed by atoms with Crippen LogP contribution in [0.5, 0.6) is 0 Å². The molecule has 0 heterocycles. The average Bonchev–Trinajstić information content (AvgIpc) is 2.41. The highest BCUT2D eigenvalue weighted by Gasteiger charge is 2.13. The maximum Gasteiger partial charge on any atom is 0.227 e. The first kappa shape index (κ1) is 14.5. The van der Waals surface area contributed by atoms with E-state index in [1.165, 1.54) is 0 Å². The van der Waals surface area contributed by atoms with Gasteiger partial charge in [-0.15, -0.1) is 6.58 Å². The molecule has 1 aromatic carbocycles. The Morgan fingerprint density at radius 1 is 1.39 bits per heavy atom. The number of carbonyl (C=O) groups excluding carboxylic acids is 1. The number of ether oxygens (including phenoxy) is 1. The van der Waals surface area contributed by atoms with Crippen LogP contribution in [-0.4, -0.2) is 25.7 Å². The van der Waals surface area contributed by atoms with E-state index in [2.05, 4.69) is 6.58 Å². The van der Waals surface area contributed by atoms with Crippen LogP contribution < -0.4 is 4.90 Å². The van der Waals surface area contributed by atoms with Gasteiger partial charge in [0.25, 0.3) is 0 Å². The van der Waals surface area contributed by atoms with E-state index in [4.69, 9.17) is 4.74 Å². The summed E-state index contributed by atoms with van der Waals surface area (Å²) in [5, 5.41) is 0. The van der Waals surface area contributed by atoms with E-state index in [1.807, 2.05) is 37.3 Å². The molecule has 1 aromatic rings. The number of benzene rings is 1. The minimum Gasteiger partial charge on any atom is -0.382 e. The number of hydrogen-bond acceptors (Lipinski definition) is 2. The lowest BCUT2D eigenvalue weighted by atomic mass is 10.2. The summed E-state index contributed by atoms with van der Waals surface area (Å²) in [4.78, 5) is 13.9. The molecule has 0 unspecified atom stereocenters. The van der Waals surface area contributed by atoms with Crippen molar-refractivity contribution in [3.8, 4) is 0 Å². The second-order valence-corrected chi connectivity index (χ2v) is 3.93. The fraction of sp³-hybridized carbons (Fsp3) is 0.400. The predicted molar refractivity (Wildman–Crippen MR) is 74.7 cm³/mol. The van der Waals surface area contributed by atoms with Crippen LogP contribution in [0.4, 0.5) is 5.69 Å². The van der Waals surface area contributed by atoms with E-state index >= 15 is 0 Å². The number of carbonyl (C=O) groups is 1. The zero-order valence-electron chi connectivity index (χ0n) is 11.0. The molecule has 0 saturated carbocycles. The summed E-state index contributed by atoms with van der Waals surface area (Å²) in [6.07, 6.45) is 3.00. The molecular weight excluding hydrogens is 226 g/mol. The summed E-state index contributed by atoms with van der Waals surface area (Å²) in [5.74, 6) is 0.112. The third kappa shape index (κ3) is 4.72. The first-order valence-corrected chi connectivity index (χ1v) is 6.33. The topological polar surface area (TPSA) is 29.5 Å². The van der Waals surface area contributed by atoms with E-state index in [9.17, 15) is 4.79 Å². The maximum absolute atomic E-state index is 12.1. The highest BCUT2D eigenvalue weighted by atomic mass is 16.5. The van der Waals surface area contributed by atoms with Crippen molar-refractivity contribution in [3.63, 3.8) is 0 Å². The van der Waals surface area contributed by atoms with Gasteiger partial charge in [0.05, 0.1) is 0 Å². The van der Waals surface area contributed by atoms with Crippen LogP contribution in [0.1, 0.15) is 19.8 Å². The molecule has 0 bridgehead atoms. The number of para-hydroxylation sites is 1. The molecule has 3 nitrogen and oxygen atoms in total. The molecule has 0 atom stereocenters. The lowest BCUT2D eigenvalue weighted by molar-refractivity contribution is -0.118. The van der Waals surface area contributed by atoms with Gasteiger partial charge in [0.1, 0.15) is 0 Å². The average molecular weight is 247 g/mol. The zero-order valence-corrected chi connectivity index (χ0v) is 11.0. The van der Waals surface area contributed by atoms with Gasteiger partial charge in [0.2, 0.25) is 5.91 Å². The second-order valence-electron chi connectivity index (χ2n) is 3.93. The SMILES string of the molecule is C=CCN(C(=O)CCCOCC)c1ccccc1. The van der Waals surface area contributed by atoms with Crippen molar-refractivity contribution in [1.82, 2.24) is 0 Å². The maximum atomic E-state index is 12.1. The second kappa shape index (κ2) is 8.48. The van der Waals surface area contributed by atoms with Crippen LogP contribution in [-0.2, 0) is 9.53 Å². The number of rotatable bonds is 8. The van der Waals surface area contributed by atoms with E-state index in [1.54, 1.807) is 11.0 Å². The van der Waals surface area contributed by atoms with Gasteiger partial charge < -0.3 is 9.64 Å². The quantitative estimate of drug-likeness (QED) is 0.522. The molecule has 0 aromatic heterocycles. The molecule has 1 rings (SSSR count). The predicted octanol–water partition coefficient (Wildman–Crippen LogP) is 3.02. The Bertz CT molecular complexity index is 362. The van der Waals surface area contributed by atoms with Crippen molar-refractivity contribution in [2.45, 2.75) is 19.8 Å². The Hall–Kier alpha value is -1.61. The van der Waals surface area contributed by atoms with Gasteiger partial charge in [0.15, 0.2) is 0 Å². The smallest absolute Gasteiger partial charge is 0.227 e. The van der Waals surface area contributed by atoms with Gasteiger partial charge in [-0.2, -0.15) is 0 Å². The zero-order chi connectivity index (χ0) is 13.2. The first-order valence-electron chi connectivity index (χ1n) is 6.33. The van der Waals surface area contributed by atoms with Gasteiger partial charge in [-0.3, -0.25) is 4.79 Å². The summed E-state index contributed by atoms with van der Waals surface area (Å²) in [7, 11) is 0.